The number of aromatic nitrogens is 2. The van der Waals surface area contributed by atoms with Crippen molar-refractivity contribution >= 4 is 22.4 Å². The van der Waals surface area contributed by atoms with Crippen LogP contribution in [-0.2, 0) is 6.42 Å². The predicted molar refractivity (Wildman–Crippen MR) is 144 cm³/mol. The number of H-pyrrole nitrogens is 1. The second-order valence-electron chi connectivity index (χ2n) is 9.44. The van der Waals surface area contributed by atoms with Crippen molar-refractivity contribution in [1.82, 2.24) is 20.1 Å². The third kappa shape index (κ3) is 5.80. The average molecular weight is 562 g/mol. The number of aryl methyl sites for hydroxylation is 1. The average Bonchev–Trinajstić information content (AvgIpc) is 2.98. The quantitative estimate of drug-likeness (QED) is 0.155. The van der Waals surface area contributed by atoms with Crippen molar-refractivity contribution in [2.45, 2.75) is 13.3 Å². The fraction of sp³-hybridized carbons (Fsp3) is 0.222. The molecule has 1 aliphatic heterocycles. The molecule has 0 spiro atoms. The molecule has 1 saturated heterocycles. The highest BCUT2D eigenvalue weighted by Crippen LogP contribution is 2.28. The Morgan fingerprint density at radius 2 is 1.80 bits per heavy atom. The molecule has 14 heteroatoms. The van der Waals surface area contributed by atoms with Crippen molar-refractivity contribution in [3.05, 3.63) is 115 Å². The van der Waals surface area contributed by atoms with Gasteiger partial charge in [-0.05, 0) is 42.3 Å². The molecule has 0 radical (unpaired) electrons. The third-order valence-corrected chi connectivity index (χ3v) is 6.71. The number of piperazine rings is 1. The van der Waals surface area contributed by atoms with E-state index in [9.17, 15) is 29.3 Å². The van der Waals surface area contributed by atoms with Gasteiger partial charge in [0.25, 0.3) is 11.5 Å². The molecule has 5 rings (SSSR count). The SMILES string of the molecule is Cc1ccc(O/N=[N+](\[O-])N2CCN(C(=O)c3cc(Cc4n[nH]c(=O)c5ccccc45)ccc3F)CC2)c([N+](=O)[O-])c1. The minimum Gasteiger partial charge on any atom is -0.569 e. The van der Waals surface area contributed by atoms with Gasteiger partial charge in [-0.3, -0.25) is 24.5 Å². The second-order valence-corrected chi connectivity index (χ2v) is 9.44. The first-order valence-electron chi connectivity index (χ1n) is 12.6. The number of carbonyl (C=O) groups is 1. The molecular weight excluding hydrogens is 537 g/mol. The highest BCUT2D eigenvalue weighted by atomic mass is 19.1. The van der Waals surface area contributed by atoms with Crippen molar-refractivity contribution in [2.24, 2.45) is 5.28 Å². The van der Waals surface area contributed by atoms with Crippen LogP contribution in [0.2, 0.25) is 0 Å². The van der Waals surface area contributed by atoms with Crippen molar-refractivity contribution in [1.29, 1.82) is 0 Å². The van der Waals surface area contributed by atoms with Crippen molar-refractivity contribution in [3.8, 4) is 5.75 Å². The molecule has 3 aromatic carbocycles. The summed E-state index contributed by atoms with van der Waals surface area (Å²) in [6, 6.07) is 15.5. The number of nitrogens with one attached hydrogen (secondary N) is 1. The van der Waals surface area contributed by atoms with E-state index in [-0.39, 0.29) is 60.1 Å². The number of nitro benzene ring substituents is 1. The van der Waals surface area contributed by atoms with E-state index < -0.39 is 16.6 Å². The summed E-state index contributed by atoms with van der Waals surface area (Å²) in [6.07, 6.45) is 0.261. The Labute approximate surface area is 231 Å². The number of nitrogens with zero attached hydrogens (tertiary/aromatic N) is 6. The summed E-state index contributed by atoms with van der Waals surface area (Å²) in [5.41, 5.74) is 1.09. The van der Waals surface area contributed by atoms with Gasteiger partial charge in [-0.15, -0.1) is 5.01 Å². The molecule has 2 heterocycles. The van der Waals surface area contributed by atoms with E-state index in [2.05, 4.69) is 15.5 Å². The third-order valence-electron chi connectivity index (χ3n) is 6.71. The molecule has 1 N–H and O–H groups in total. The van der Waals surface area contributed by atoms with Crippen LogP contribution in [0.25, 0.3) is 10.8 Å². The number of hydrazine groups is 1. The number of fused-ring (bicyclic) bond motifs is 1. The lowest BCUT2D eigenvalue weighted by molar-refractivity contribution is -0.708. The maximum atomic E-state index is 14.7. The summed E-state index contributed by atoms with van der Waals surface area (Å²) in [6.45, 7) is 2.04. The molecule has 0 saturated carbocycles. The van der Waals surface area contributed by atoms with Crippen LogP contribution in [0.3, 0.4) is 0 Å². The Morgan fingerprint density at radius 1 is 1.07 bits per heavy atom. The number of halogens is 1. The van der Waals surface area contributed by atoms with E-state index in [1.165, 1.54) is 34.2 Å². The van der Waals surface area contributed by atoms with Crippen molar-refractivity contribution in [3.63, 3.8) is 0 Å². The molecule has 1 aromatic heterocycles. The zero-order chi connectivity index (χ0) is 29.1. The maximum Gasteiger partial charge on any atom is 0.314 e. The zero-order valence-electron chi connectivity index (χ0n) is 21.8. The normalized spacial score (nSPS) is 13.9. The smallest absolute Gasteiger partial charge is 0.314 e. The first-order chi connectivity index (χ1) is 19.7. The van der Waals surface area contributed by atoms with Crippen LogP contribution in [0.15, 0.2) is 70.7 Å². The van der Waals surface area contributed by atoms with E-state index in [4.69, 9.17) is 4.84 Å². The van der Waals surface area contributed by atoms with Gasteiger partial charge in [0.1, 0.15) is 5.82 Å². The maximum absolute atomic E-state index is 14.7. The number of benzene rings is 3. The number of rotatable bonds is 7. The van der Waals surface area contributed by atoms with E-state index in [0.717, 1.165) is 0 Å². The zero-order valence-corrected chi connectivity index (χ0v) is 21.8. The van der Waals surface area contributed by atoms with Crippen molar-refractivity contribution < 1.29 is 23.9 Å². The van der Waals surface area contributed by atoms with E-state index in [1.807, 2.05) is 0 Å². The van der Waals surface area contributed by atoms with E-state index in [1.54, 1.807) is 43.3 Å². The largest absolute Gasteiger partial charge is 0.569 e. The minimum absolute atomic E-state index is 0.0761. The molecule has 0 unspecified atom stereocenters. The minimum atomic E-state index is -0.686. The van der Waals surface area contributed by atoms with Gasteiger partial charge in [-0.1, -0.05) is 30.3 Å². The Hall–Kier alpha value is -5.40. The van der Waals surface area contributed by atoms with Crippen molar-refractivity contribution in [2.75, 3.05) is 26.2 Å². The lowest BCUT2D eigenvalue weighted by Gasteiger charge is -2.31. The summed E-state index contributed by atoms with van der Waals surface area (Å²) < 4.78 is 14.7. The molecule has 0 bridgehead atoms. The first-order valence-corrected chi connectivity index (χ1v) is 12.6. The van der Waals surface area contributed by atoms with Crippen LogP contribution in [0.1, 0.15) is 27.2 Å². The van der Waals surface area contributed by atoms with Gasteiger partial charge in [-0.2, -0.15) is 5.10 Å². The lowest BCUT2D eigenvalue weighted by Crippen LogP contribution is -2.50. The first kappa shape index (κ1) is 27.2. The Bertz CT molecular complexity index is 1730. The van der Waals surface area contributed by atoms with Gasteiger partial charge in [0.15, 0.2) is 0 Å². The highest BCUT2D eigenvalue weighted by molar-refractivity contribution is 5.95. The molecule has 4 aromatic rings. The molecule has 0 atom stereocenters. The van der Waals surface area contributed by atoms with Crippen LogP contribution < -0.4 is 10.4 Å². The summed E-state index contributed by atoms with van der Waals surface area (Å²) in [5.74, 6) is -1.41. The number of aromatic amines is 1. The van der Waals surface area contributed by atoms with Crippen LogP contribution in [-0.4, -0.2) is 62.1 Å². The predicted octanol–water partition coefficient (Wildman–Crippen LogP) is 3.50. The molecule has 1 aliphatic rings. The van der Waals surface area contributed by atoms with Crippen LogP contribution in [0.4, 0.5) is 10.1 Å². The fourth-order valence-electron chi connectivity index (χ4n) is 4.56. The van der Waals surface area contributed by atoms with Gasteiger partial charge < -0.3 is 10.1 Å². The Kier molecular flexibility index (Phi) is 7.54. The molecular formula is C27H24FN7O6. The van der Waals surface area contributed by atoms with Crippen LogP contribution in [0, 0.1) is 28.1 Å². The number of carbonyl (C=O) groups excluding carboxylic acids is 1. The number of hydrogen-bond donors (Lipinski definition) is 1. The summed E-state index contributed by atoms with van der Waals surface area (Å²) >= 11 is 0. The van der Waals surface area contributed by atoms with Gasteiger partial charge in [0.2, 0.25) is 11.0 Å². The molecule has 13 nitrogen and oxygen atoms in total. The molecule has 1 fully saturated rings. The highest BCUT2D eigenvalue weighted by Gasteiger charge is 2.28. The second kappa shape index (κ2) is 11.4. The van der Waals surface area contributed by atoms with Gasteiger partial charge in [0, 0.05) is 31.0 Å². The van der Waals surface area contributed by atoms with E-state index in [0.29, 0.717) is 27.6 Å². The van der Waals surface area contributed by atoms with E-state index >= 15 is 0 Å². The molecule has 0 aliphatic carbocycles. The molecule has 1 amide bonds. The Balaban J connectivity index is 1.25. The number of amides is 1. The fourth-order valence-corrected chi connectivity index (χ4v) is 4.56. The number of nitro groups is 1. The lowest BCUT2D eigenvalue weighted by atomic mass is 10.0. The van der Waals surface area contributed by atoms with Gasteiger partial charge >= 0.3 is 5.69 Å². The standard InChI is InChI=1S/C27H24FN7O6/c1-17-6-9-25(24(14-17)34(38)39)41-31-35(40)33-12-10-32(11-13-33)27(37)21-15-18(7-8-22(21)28)16-23-19-4-2-3-5-20(19)26(36)30-29-23/h2-9,14-15H,10-13,16H2,1H3,(H,30,36)/b35-31-. The topological polar surface area (TPSA) is 160 Å². The Morgan fingerprint density at radius 3 is 2.54 bits per heavy atom. The van der Waals surface area contributed by atoms with Gasteiger partial charge in [-0.25, -0.2) is 9.49 Å². The summed E-state index contributed by atoms with van der Waals surface area (Å²) in [4.78, 5) is 42.5. The van der Waals surface area contributed by atoms with Gasteiger partial charge in [0.05, 0.1) is 39.6 Å². The number of hydrogen-bond acceptors (Lipinski definition) is 8. The monoisotopic (exact) mass is 561 g/mol. The molecule has 210 valence electrons. The molecule has 41 heavy (non-hydrogen) atoms. The summed E-state index contributed by atoms with van der Waals surface area (Å²) in [7, 11) is 0. The van der Waals surface area contributed by atoms with Crippen LogP contribution in [0.5, 0.6) is 5.75 Å². The van der Waals surface area contributed by atoms with Crippen LogP contribution >= 0.6 is 0 Å². The summed E-state index contributed by atoms with van der Waals surface area (Å²) in [5, 5.41) is 36.1.